The molecule has 150 valence electrons. The van der Waals surface area contributed by atoms with E-state index < -0.39 is 6.09 Å². The minimum atomic E-state index is -0.892. The molecule has 1 fully saturated rings. The normalized spacial score (nSPS) is 25.7. The van der Waals surface area contributed by atoms with Crippen LogP contribution in [0.1, 0.15) is 51.6 Å². The topological polar surface area (TPSA) is 61.6 Å². The van der Waals surface area contributed by atoms with Crippen LogP contribution in [0.2, 0.25) is 0 Å². The summed E-state index contributed by atoms with van der Waals surface area (Å²) in [7, 11) is 2.19. The highest BCUT2D eigenvalue weighted by Gasteiger charge is 2.33. The number of fused-ring (bicyclic) bond motifs is 1. The van der Waals surface area contributed by atoms with Gasteiger partial charge in [-0.1, -0.05) is 25.1 Å². The molecule has 28 heavy (non-hydrogen) atoms. The fourth-order valence-corrected chi connectivity index (χ4v) is 4.45. The molecule has 1 N–H and O–H groups in total. The van der Waals surface area contributed by atoms with E-state index in [1.165, 1.54) is 4.90 Å². The Kier molecular flexibility index (Phi) is 4.70. The molecule has 1 unspecified atom stereocenters. The van der Waals surface area contributed by atoms with Gasteiger partial charge in [-0.25, -0.2) is 4.79 Å². The van der Waals surface area contributed by atoms with Crippen molar-refractivity contribution in [2.45, 2.75) is 51.6 Å². The van der Waals surface area contributed by atoms with Crippen LogP contribution in [0.5, 0.6) is 0 Å². The molecule has 6 heteroatoms. The summed E-state index contributed by atoms with van der Waals surface area (Å²) in [5, 5.41) is 15.6. The Morgan fingerprint density at radius 2 is 2.11 bits per heavy atom. The van der Waals surface area contributed by atoms with E-state index >= 15 is 0 Å². The Morgan fingerprint density at radius 3 is 2.82 bits per heavy atom. The maximum absolute atomic E-state index is 11.7. The monoisotopic (exact) mass is 382 g/mol. The summed E-state index contributed by atoms with van der Waals surface area (Å²) in [6.07, 6.45) is 6.35. The number of hydrogen-bond acceptors (Lipinski definition) is 3. The first-order valence-electron chi connectivity index (χ1n) is 10.2. The van der Waals surface area contributed by atoms with Crippen LogP contribution < -0.4 is 0 Å². The third-order valence-electron chi connectivity index (χ3n) is 6.49. The first-order valence-corrected chi connectivity index (χ1v) is 10.2. The maximum Gasteiger partial charge on any atom is 0.411 e. The van der Waals surface area contributed by atoms with E-state index in [1.807, 2.05) is 18.2 Å². The Balaban J connectivity index is 1.65. The quantitative estimate of drug-likeness (QED) is 0.834. The summed E-state index contributed by atoms with van der Waals surface area (Å²) < 4.78 is 2.12. The van der Waals surface area contributed by atoms with Gasteiger partial charge in [-0.3, -0.25) is 9.58 Å². The lowest BCUT2D eigenvalue weighted by Crippen LogP contribution is -2.47. The average Bonchev–Trinajstić information content (AvgIpc) is 3.07. The van der Waals surface area contributed by atoms with Gasteiger partial charge in [-0.05, 0) is 52.1 Å². The molecule has 2 aromatic rings. The van der Waals surface area contributed by atoms with Crippen molar-refractivity contribution in [1.82, 2.24) is 19.6 Å². The zero-order chi connectivity index (χ0) is 20.1. The van der Waals surface area contributed by atoms with Gasteiger partial charge < -0.3 is 10.0 Å². The zero-order valence-corrected chi connectivity index (χ0v) is 17.2. The Labute approximate surface area is 166 Å². The third kappa shape index (κ3) is 3.41. The molecule has 0 aliphatic carbocycles. The predicted molar refractivity (Wildman–Crippen MR) is 111 cm³/mol. The lowest BCUT2D eigenvalue weighted by molar-refractivity contribution is 0.0721. The third-order valence-corrected chi connectivity index (χ3v) is 6.49. The maximum atomic E-state index is 11.7. The number of amides is 1. The zero-order valence-electron chi connectivity index (χ0n) is 17.2. The van der Waals surface area contributed by atoms with Crippen molar-refractivity contribution < 1.29 is 9.90 Å². The number of piperidine rings is 1. The number of allylic oxidation sites excluding steroid dienone is 1. The lowest BCUT2D eigenvalue weighted by Gasteiger charge is -2.43. The molecule has 0 spiro atoms. The van der Waals surface area contributed by atoms with Gasteiger partial charge in [0.15, 0.2) is 0 Å². The largest absolute Gasteiger partial charge is 0.465 e. The van der Waals surface area contributed by atoms with Crippen LogP contribution >= 0.6 is 0 Å². The van der Waals surface area contributed by atoms with Crippen LogP contribution in [-0.2, 0) is 0 Å². The van der Waals surface area contributed by atoms with E-state index in [0.717, 1.165) is 48.0 Å². The highest BCUT2D eigenvalue weighted by atomic mass is 16.4. The molecule has 1 amide bonds. The minimum Gasteiger partial charge on any atom is -0.465 e. The molecule has 0 radical (unpaired) electrons. The second kappa shape index (κ2) is 6.92. The van der Waals surface area contributed by atoms with Gasteiger partial charge in [0, 0.05) is 35.8 Å². The van der Waals surface area contributed by atoms with Crippen molar-refractivity contribution in [2.24, 2.45) is 5.92 Å². The van der Waals surface area contributed by atoms with Crippen molar-refractivity contribution >= 4 is 22.7 Å². The Bertz CT molecular complexity index is 930. The fraction of sp³-hybridized carbons (Fsp3) is 0.545. The summed E-state index contributed by atoms with van der Waals surface area (Å²) >= 11 is 0. The van der Waals surface area contributed by atoms with E-state index in [0.29, 0.717) is 18.5 Å². The highest BCUT2D eigenvalue weighted by molar-refractivity contribution is 5.86. The van der Waals surface area contributed by atoms with E-state index in [2.05, 4.69) is 49.7 Å². The summed E-state index contributed by atoms with van der Waals surface area (Å²) in [5.41, 5.74) is 2.80. The summed E-state index contributed by atoms with van der Waals surface area (Å²) in [6, 6.07) is 6.51. The van der Waals surface area contributed by atoms with Gasteiger partial charge in [0.2, 0.25) is 0 Å². The molecule has 1 aromatic carbocycles. The van der Waals surface area contributed by atoms with Crippen LogP contribution in [0.3, 0.4) is 0 Å². The molecule has 2 atom stereocenters. The number of aromatic nitrogens is 2. The number of hydrogen-bond donors (Lipinski definition) is 1. The van der Waals surface area contributed by atoms with Crippen LogP contribution in [0.4, 0.5) is 4.79 Å². The molecule has 4 rings (SSSR count). The lowest BCUT2D eigenvalue weighted by atomic mass is 9.87. The highest BCUT2D eigenvalue weighted by Crippen LogP contribution is 2.34. The number of carboxylic acid groups (broad SMARTS) is 1. The SMILES string of the molecule is C[C@H]1CC=C(c2ccc3cn(C4CCN(C)C(C)(C)C4)nc3c2)N(C(=O)O)C1. The van der Waals surface area contributed by atoms with Crippen LogP contribution in [0.15, 0.2) is 30.5 Å². The van der Waals surface area contributed by atoms with Gasteiger partial charge >= 0.3 is 6.09 Å². The molecule has 2 aliphatic heterocycles. The number of rotatable bonds is 2. The molecule has 0 saturated carbocycles. The smallest absolute Gasteiger partial charge is 0.411 e. The van der Waals surface area contributed by atoms with Gasteiger partial charge in [0.05, 0.1) is 17.3 Å². The second-order valence-corrected chi connectivity index (χ2v) is 9.09. The molecule has 1 aromatic heterocycles. The van der Waals surface area contributed by atoms with Crippen molar-refractivity contribution in [3.63, 3.8) is 0 Å². The number of likely N-dealkylation sites (tertiary alicyclic amines) is 1. The first kappa shape index (κ1) is 19.0. The second-order valence-electron chi connectivity index (χ2n) is 9.09. The first-order chi connectivity index (χ1) is 13.2. The van der Waals surface area contributed by atoms with Crippen LogP contribution in [0.25, 0.3) is 16.6 Å². The van der Waals surface area contributed by atoms with Crippen molar-refractivity contribution in [3.8, 4) is 0 Å². The summed E-state index contributed by atoms with van der Waals surface area (Å²) in [5.74, 6) is 0.343. The Hall–Kier alpha value is -2.34. The molecule has 6 nitrogen and oxygen atoms in total. The van der Waals surface area contributed by atoms with E-state index in [9.17, 15) is 9.90 Å². The van der Waals surface area contributed by atoms with Crippen molar-refractivity contribution in [2.75, 3.05) is 20.1 Å². The molecular weight excluding hydrogens is 352 g/mol. The van der Waals surface area contributed by atoms with E-state index in [-0.39, 0.29) is 5.54 Å². The van der Waals surface area contributed by atoms with Gasteiger partial charge in [0.25, 0.3) is 0 Å². The summed E-state index contributed by atoms with van der Waals surface area (Å²) in [6.45, 7) is 8.27. The minimum absolute atomic E-state index is 0.164. The van der Waals surface area contributed by atoms with Gasteiger partial charge in [0.1, 0.15) is 0 Å². The molecular formula is C22H30N4O2. The summed E-state index contributed by atoms with van der Waals surface area (Å²) in [4.78, 5) is 15.6. The van der Waals surface area contributed by atoms with Crippen LogP contribution in [0, 0.1) is 5.92 Å². The van der Waals surface area contributed by atoms with Gasteiger partial charge in [-0.2, -0.15) is 5.10 Å². The number of carbonyl (C=O) groups is 1. The number of benzene rings is 1. The predicted octanol–water partition coefficient (Wildman–Crippen LogP) is 4.44. The average molecular weight is 383 g/mol. The van der Waals surface area contributed by atoms with Crippen LogP contribution in [-0.4, -0.2) is 56.5 Å². The van der Waals surface area contributed by atoms with Crippen molar-refractivity contribution in [1.29, 1.82) is 0 Å². The van der Waals surface area contributed by atoms with E-state index in [1.54, 1.807) is 0 Å². The fourth-order valence-electron chi connectivity index (χ4n) is 4.45. The molecule has 2 aliphatic rings. The van der Waals surface area contributed by atoms with Gasteiger partial charge in [-0.15, -0.1) is 0 Å². The molecule has 1 saturated heterocycles. The Morgan fingerprint density at radius 1 is 1.32 bits per heavy atom. The number of nitrogens with zero attached hydrogens (tertiary/aromatic N) is 4. The molecule has 3 heterocycles. The van der Waals surface area contributed by atoms with Crippen molar-refractivity contribution in [3.05, 3.63) is 36.0 Å². The standard InChI is InChI=1S/C22H30N4O2/c1-15-5-8-20(25(13-15)21(27)28)16-6-7-17-14-26(23-19(17)11-16)18-9-10-24(4)22(2,3)12-18/h6-8,11,14-15,18H,5,9-10,12-13H2,1-4H3,(H,27,28)/t15-,18?/m0/s1. The van der Waals surface area contributed by atoms with E-state index in [4.69, 9.17) is 5.10 Å². The molecule has 0 bridgehead atoms.